The number of hydrogen-bond acceptors (Lipinski definition) is 5. The van der Waals surface area contributed by atoms with Crippen LogP contribution in [-0.4, -0.2) is 23.1 Å². The summed E-state index contributed by atoms with van der Waals surface area (Å²) in [6, 6.07) is 14.7. The first-order valence-corrected chi connectivity index (χ1v) is 8.79. The zero-order valence-corrected chi connectivity index (χ0v) is 14.8. The minimum absolute atomic E-state index is 0.0887. The van der Waals surface area contributed by atoms with E-state index in [2.05, 4.69) is 6.92 Å². The smallest absolute Gasteiger partial charge is 0.339 e. The maximum atomic E-state index is 12.6. The Morgan fingerprint density at radius 1 is 1.00 bits per heavy atom. The Morgan fingerprint density at radius 2 is 1.62 bits per heavy atom. The lowest BCUT2D eigenvalue weighted by Gasteiger charge is -2.24. The molecule has 0 spiro atoms. The lowest BCUT2D eigenvalue weighted by Crippen LogP contribution is -2.28. The third-order valence-corrected chi connectivity index (χ3v) is 4.18. The molecule has 1 N–H and O–H groups in total. The largest absolute Gasteiger partial charge is 0.545 e. The second-order valence-corrected chi connectivity index (χ2v) is 6.13. The molecule has 0 heterocycles. The molecule has 2 aromatic rings. The van der Waals surface area contributed by atoms with Gasteiger partial charge in [-0.15, -0.1) is 0 Å². The number of aromatic carboxylic acids is 1. The number of benzene rings is 2. The van der Waals surface area contributed by atoms with E-state index in [0.717, 1.165) is 19.3 Å². The molecule has 5 nitrogen and oxygen atoms in total. The minimum atomic E-state index is -1.45. The number of carboxylic acid groups (broad SMARTS) is 1. The Balaban J connectivity index is 2.24. The van der Waals surface area contributed by atoms with Gasteiger partial charge >= 0.3 is 5.97 Å². The van der Waals surface area contributed by atoms with Crippen LogP contribution in [0, 0.1) is 0 Å². The van der Waals surface area contributed by atoms with E-state index in [0.29, 0.717) is 12.0 Å². The molecule has 0 saturated heterocycles. The van der Waals surface area contributed by atoms with Crippen LogP contribution >= 0.6 is 0 Å². The van der Waals surface area contributed by atoms with Crippen molar-refractivity contribution >= 4 is 11.9 Å². The van der Waals surface area contributed by atoms with Crippen LogP contribution < -0.4 is 5.11 Å². The van der Waals surface area contributed by atoms with E-state index in [9.17, 15) is 19.8 Å². The molecule has 0 radical (unpaired) electrons. The van der Waals surface area contributed by atoms with Crippen molar-refractivity contribution < 1.29 is 24.5 Å². The summed E-state index contributed by atoms with van der Waals surface area (Å²) in [4.78, 5) is 23.8. The van der Waals surface area contributed by atoms with Crippen LogP contribution in [0.5, 0.6) is 0 Å². The van der Waals surface area contributed by atoms with Crippen molar-refractivity contribution in [1.29, 1.82) is 0 Å². The highest BCUT2D eigenvalue weighted by molar-refractivity contribution is 6.01. The zero-order chi connectivity index (χ0) is 18.9. The van der Waals surface area contributed by atoms with Gasteiger partial charge in [-0.1, -0.05) is 74.7 Å². The molecular formula is C21H23O5-. The summed E-state index contributed by atoms with van der Waals surface area (Å²) >= 11 is 0. The van der Waals surface area contributed by atoms with Gasteiger partial charge in [-0.3, -0.25) is 0 Å². The maximum absolute atomic E-state index is 12.6. The molecular weight excluding hydrogens is 332 g/mol. The molecule has 2 aromatic carbocycles. The molecule has 0 aliphatic carbocycles. The fourth-order valence-corrected chi connectivity index (χ4v) is 2.78. The molecule has 0 fully saturated rings. The molecule has 2 rings (SSSR count). The molecule has 0 bridgehead atoms. The highest BCUT2D eigenvalue weighted by atomic mass is 16.6. The summed E-state index contributed by atoms with van der Waals surface area (Å²) in [6.07, 6.45) is 1.55. The molecule has 0 aromatic heterocycles. The second kappa shape index (κ2) is 9.73. The molecule has 2 unspecified atom stereocenters. The topological polar surface area (TPSA) is 86.7 Å². The summed E-state index contributed by atoms with van der Waals surface area (Å²) in [7, 11) is 0. The molecule has 138 valence electrons. The van der Waals surface area contributed by atoms with Crippen molar-refractivity contribution in [1.82, 2.24) is 0 Å². The van der Waals surface area contributed by atoms with Crippen LogP contribution in [0.1, 0.15) is 65.0 Å². The molecule has 0 amide bonds. The number of esters is 1. The molecule has 0 saturated carbocycles. The number of rotatable bonds is 9. The highest BCUT2D eigenvalue weighted by Crippen LogP contribution is 2.26. The van der Waals surface area contributed by atoms with E-state index in [1.54, 1.807) is 30.3 Å². The van der Waals surface area contributed by atoms with Gasteiger partial charge in [0.05, 0.1) is 17.6 Å². The van der Waals surface area contributed by atoms with Gasteiger partial charge in [-0.2, -0.15) is 0 Å². The van der Waals surface area contributed by atoms with Crippen molar-refractivity contribution in [3.8, 4) is 0 Å². The molecule has 26 heavy (non-hydrogen) atoms. The van der Waals surface area contributed by atoms with E-state index >= 15 is 0 Å². The molecule has 2 atom stereocenters. The van der Waals surface area contributed by atoms with Crippen LogP contribution in [0.4, 0.5) is 0 Å². The molecule has 0 aliphatic heterocycles. The van der Waals surface area contributed by atoms with E-state index < -0.39 is 24.1 Å². The number of carbonyl (C=O) groups excluding carboxylic acids is 2. The number of ether oxygens (including phenoxy) is 1. The number of aliphatic hydroxyl groups is 1. The summed E-state index contributed by atoms with van der Waals surface area (Å²) in [5.41, 5.74) is 0.342. The Morgan fingerprint density at radius 3 is 2.23 bits per heavy atom. The van der Waals surface area contributed by atoms with Crippen LogP contribution in [0.2, 0.25) is 0 Å². The monoisotopic (exact) mass is 355 g/mol. The lowest BCUT2D eigenvalue weighted by atomic mass is 9.99. The minimum Gasteiger partial charge on any atom is -0.545 e. The Hall–Kier alpha value is -2.66. The van der Waals surface area contributed by atoms with Gasteiger partial charge in [-0.05, 0) is 18.1 Å². The number of carboxylic acids is 1. The Kier molecular flexibility index (Phi) is 7.36. The quantitative estimate of drug-likeness (QED) is 0.552. The van der Waals surface area contributed by atoms with Crippen molar-refractivity contribution in [3.05, 3.63) is 71.3 Å². The summed E-state index contributed by atoms with van der Waals surface area (Å²) in [6.45, 7) is 2.07. The molecule has 0 aliphatic rings. The van der Waals surface area contributed by atoms with Crippen molar-refractivity contribution in [2.45, 2.75) is 44.8 Å². The Bertz CT molecular complexity index is 726. The standard InChI is InChI=1S/C21H24O5/c1-2-3-5-14-18(22)19(15-10-6-4-7-11-15)26-21(25)17-13-9-8-12-16(17)20(23)24/h4,6-13,18-19,22H,2-3,5,14H2,1H3,(H,23,24)/p-1. The average molecular weight is 355 g/mol. The second-order valence-electron chi connectivity index (χ2n) is 6.13. The van der Waals surface area contributed by atoms with Crippen LogP contribution in [0.3, 0.4) is 0 Å². The summed E-state index contributed by atoms with van der Waals surface area (Å²) < 4.78 is 5.53. The van der Waals surface area contributed by atoms with Crippen molar-refractivity contribution in [3.63, 3.8) is 0 Å². The first kappa shape index (κ1) is 19.7. The number of carbonyl (C=O) groups is 2. The number of unbranched alkanes of at least 4 members (excludes halogenated alkanes) is 2. The average Bonchev–Trinajstić information content (AvgIpc) is 2.66. The van der Waals surface area contributed by atoms with E-state index in [1.165, 1.54) is 18.2 Å². The van der Waals surface area contributed by atoms with Gasteiger partial charge in [0.25, 0.3) is 0 Å². The fraction of sp³-hybridized carbons (Fsp3) is 0.333. The van der Waals surface area contributed by atoms with Crippen LogP contribution in [0.25, 0.3) is 0 Å². The van der Waals surface area contributed by atoms with Gasteiger partial charge in [0.2, 0.25) is 0 Å². The summed E-state index contributed by atoms with van der Waals surface area (Å²) in [5, 5.41) is 21.8. The highest BCUT2D eigenvalue weighted by Gasteiger charge is 2.26. The predicted octanol–water partition coefficient (Wildman–Crippen LogP) is 2.89. The SMILES string of the molecule is CCCCCC(O)C(OC(=O)c1ccccc1C(=O)[O-])c1ccccc1. The lowest BCUT2D eigenvalue weighted by molar-refractivity contribution is -0.255. The van der Waals surface area contributed by atoms with Crippen LogP contribution in [-0.2, 0) is 4.74 Å². The fourth-order valence-electron chi connectivity index (χ4n) is 2.78. The normalized spacial score (nSPS) is 13.0. The zero-order valence-electron chi connectivity index (χ0n) is 14.8. The summed E-state index contributed by atoms with van der Waals surface area (Å²) in [5.74, 6) is -2.24. The predicted molar refractivity (Wildman–Crippen MR) is 95.5 cm³/mol. The van der Waals surface area contributed by atoms with Crippen molar-refractivity contribution in [2.24, 2.45) is 0 Å². The van der Waals surface area contributed by atoms with E-state index in [-0.39, 0.29) is 11.1 Å². The number of aliphatic hydroxyl groups excluding tert-OH is 1. The number of hydrogen-bond donors (Lipinski definition) is 1. The van der Waals surface area contributed by atoms with E-state index in [4.69, 9.17) is 4.74 Å². The first-order valence-electron chi connectivity index (χ1n) is 8.79. The van der Waals surface area contributed by atoms with Gasteiger partial charge in [-0.25, -0.2) is 4.79 Å². The Labute approximate surface area is 153 Å². The third-order valence-electron chi connectivity index (χ3n) is 4.18. The van der Waals surface area contributed by atoms with Crippen molar-refractivity contribution in [2.75, 3.05) is 0 Å². The van der Waals surface area contributed by atoms with E-state index in [1.807, 2.05) is 6.07 Å². The first-order chi connectivity index (χ1) is 12.5. The van der Waals surface area contributed by atoms with Crippen LogP contribution in [0.15, 0.2) is 54.6 Å². The maximum Gasteiger partial charge on any atom is 0.339 e. The molecule has 5 heteroatoms. The van der Waals surface area contributed by atoms with Gasteiger partial charge in [0.1, 0.15) is 0 Å². The van der Waals surface area contributed by atoms with Gasteiger partial charge in [0, 0.05) is 5.56 Å². The van der Waals surface area contributed by atoms with Gasteiger partial charge < -0.3 is 19.7 Å². The van der Waals surface area contributed by atoms with Gasteiger partial charge in [0.15, 0.2) is 6.10 Å². The third kappa shape index (κ3) is 5.17.